The van der Waals surface area contributed by atoms with Crippen LogP contribution in [0.1, 0.15) is 24.0 Å². The molecule has 1 aliphatic rings. The van der Waals surface area contributed by atoms with E-state index in [1.54, 1.807) is 0 Å². The molecule has 0 saturated heterocycles. The Labute approximate surface area is 140 Å². The summed E-state index contributed by atoms with van der Waals surface area (Å²) >= 11 is 3.46. The van der Waals surface area contributed by atoms with E-state index in [1.165, 1.54) is 11.1 Å². The first-order valence-electron chi connectivity index (χ1n) is 7.69. The molecule has 1 aliphatic heterocycles. The Morgan fingerprint density at radius 2 is 1.64 bits per heavy atom. The Morgan fingerprint density at radius 3 is 2.41 bits per heavy atom. The third-order valence-electron chi connectivity index (χ3n) is 3.78. The quantitative estimate of drug-likeness (QED) is 0.707. The van der Waals surface area contributed by atoms with E-state index in [0.29, 0.717) is 0 Å². The number of amidine groups is 1. The molecule has 0 amide bonds. The van der Waals surface area contributed by atoms with Gasteiger partial charge in [0.1, 0.15) is 5.84 Å². The van der Waals surface area contributed by atoms with Gasteiger partial charge in [-0.1, -0.05) is 58.4 Å². The highest BCUT2D eigenvalue weighted by Gasteiger charge is 2.13. The minimum Gasteiger partial charge on any atom is -0.261 e. The molecular weight excluding hydrogens is 336 g/mol. The van der Waals surface area contributed by atoms with Crippen LogP contribution in [-0.2, 0) is 12.8 Å². The summed E-state index contributed by atoms with van der Waals surface area (Å²) in [6, 6.07) is 19.2. The van der Waals surface area contributed by atoms with Gasteiger partial charge in [-0.15, -0.1) is 0 Å². The number of rotatable bonds is 6. The first-order chi connectivity index (χ1) is 10.8. The topological polar surface area (TPSA) is 24.7 Å². The van der Waals surface area contributed by atoms with Gasteiger partial charge in [-0.3, -0.25) is 4.99 Å². The van der Waals surface area contributed by atoms with Gasteiger partial charge >= 0.3 is 0 Å². The molecule has 1 unspecified atom stereocenters. The van der Waals surface area contributed by atoms with Gasteiger partial charge in [-0.05, 0) is 42.5 Å². The van der Waals surface area contributed by atoms with Crippen LogP contribution in [0.2, 0.25) is 0 Å². The zero-order chi connectivity index (χ0) is 15.2. The maximum Gasteiger partial charge on any atom is 0.123 e. The van der Waals surface area contributed by atoms with E-state index in [4.69, 9.17) is 4.99 Å². The summed E-state index contributed by atoms with van der Waals surface area (Å²) in [5.74, 6) is 0.998. The number of hydrogen-bond donors (Lipinski definition) is 0. The first-order valence-corrected chi connectivity index (χ1v) is 8.48. The van der Waals surface area contributed by atoms with Gasteiger partial charge in [-0.2, -0.15) is 0 Å². The lowest BCUT2D eigenvalue weighted by atomic mass is 10.1. The highest BCUT2D eigenvalue weighted by Crippen LogP contribution is 2.15. The lowest BCUT2D eigenvalue weighted by Gasteiger charge is -2.04. The van der Waals surface area contributed by atoms with Crippen molar-refractivity contribution in [2.24, 2.45) is 9.98 Å². The monoisotopic (exact) mass is 354 g/mol. The molecule has 0 spiro atoms. The summed E-state index contributed by atoms with van der Waals surface area (Å²) in [7, 11) is 0. The van der Waals surface area contributed by atoms with Crippen molar-refractivity contribution in [1.82, 2.24) is 0 Å². The van der Waals surface area contributed by atoms with Crippen LogP contribution in [-0.4, -0.2) is 18.1 Å². The molecule has 3 heteroatoms. The van der Waals surface area contributed by atoms with Crippen molar-refractivity contribution in [2.45, 2.75) is 31.7 Å². The molecule has 2 aromatic rings. The molecule has 1 heterocycles. The lowest BCUT2D eigenvalue weighted by Crippen LogP contribution is -2.07. The van der Waals surface area contributed by atoms with Crippen molar-refractivity contribution in [3.05, 3.63) is 70.2 Å². The Hall–Kier alpha value is -1.74. The molecule has 1 atom stereocenters. The predicted octanol–water partition coefficient (Wildman–Crippen LogP) is 4.87. The number of aryl methyl sites for hydroxylation is 1. The van der Waals surface area contributed by atoms with Crippen LogP contribution in [0, 0.1) is 0 Å². The average molecular weight is 355 g/mol. The van der Waals surface area contributed by atoms with E-state index in [0.717, 1.165) is 36.0 Å². The van der Waals surface area contributed by atoms with Crippen molar-refractivity contribution < 1.29 is 0 Å². The molecule has 0 saturated carbocycles. The summed E-state index contributed by atoms with van der Waals surface area (Å²) in [5, 5.41) is 0. The van der Waals surface area contributed by atoms with E-state index in [2.05, 4.69) is 75.5 Å². The fraction of sp³-hybridized carbons (Fsp3) is 0.263. The van der Waals surface area contributed by atoms with E-state index in [-0.39, 0.29) is 6.04 Å². The SMILES string of the molecule is Brc1ccc(CC2C=NC(CCCc3ccccc3)=N2)cc1. The fourth-order valence-corrected chi connectivity index (χ4v) is 2.88. The second-order valence-electron chi connectivity index (χ2n) is 5.56. The van der Waals surface area contributed by atoms with Crippen LogP contribution in [0.5, 0.6) is 0 Å². The third kappa shape index (κ3) is 4.38. The minimum atomic E-state index is 0.202. The molecular formula is C19H19BrN2. The highest BCUT2D eigenvalue weighted by atomic mass is 79.9. The Bertz CT molecular complexity index is 660. The largest absolute Gasteiger partial charge is 0.261 e. The van der Waals surface area contributed by atoms with Gasteiger partial charge in [0.15, 0.2) is 0 Å². The standard InChI is InChI=1S/C19H19BrN2/c20-17-11-9-16(10-12-17)13-18-14-21-19(22-18)8-4-7-15-5-2-1-3-6-15/h1-3,5-6,9-12,14,18H,4,7-8,13H2. The molecule has 2 nitrogen and oxygen atoms in total. The Morgan fingerprint density at radius 1 is 0.864 bits per heavy atom. The van der Waals surface area contributed by atoms with Crippen LogP contribution in [0.15, 0.2) is 69.1 Å². The van der Waals surface area contributed by atoms with E-state index in [9.17, 15) is 0 Å². The number of halogens is 1. The van der Waals surface area contributed by atoms with E-state index >= 15 is 0 Å². The van der Waals surface area contributed by atoms with Crippen molar-refractivity contribution in [3.63, 3.8) is 0 Å². The number of nitrogens with zero attached hydrogens (tertiary/aromatic N) is 2. The first kappa shape index (κ1) is 15.2. The Kier molecular flexibility index (Phi) is 5.17. The second kappa shape index (κ2) is 7.50. The van der Waals surface area contributed by atoms with Crippen LogP contribution < -0.4 is 0 Å². The number of benzene rings is 2. The maximum absolute atomic E-state index is 4.72. The van der Waals surface area contributed by atoms with Gasteiger partial charge in [0, 0.05) is 17.1 Å². The molecule has 3 rings (SSSR count). The molecule has 112 valence electrons. The molecule has 0 bridgehead atoms. The molecule has 0 fully saturated rings. The van der Waals surface area contributed by atoms with Crippen molar-refractivity contribution >= 4 is 28.0 Å². The van der Waals surface area contributed by atoms with Crippen LogP contribution in [0.4, 0.5) is 0 Å². The van der Waals surface area contributed by atoms with Crippen LogP contribution in [0.25, 0.3) is 0 Å². The summed E-state index contributed by atoms with van der Waals surface area (Å²) in [6.45, 7) is 0. The number of aliphatic imine (C=N–C) groups is 2. The third-order valence-corrected chi connectivity index (χ3v) is 4.31. The summed E-state index contributed by atoms with van der Waals surface area (Å²) in [5.41, 5.74) is 2.69. The zero-order valence-electron chi connectivity index (χ0n) is 12.5. The van der Waals surface area contributed by atoms with Crippen molar-refractivity contribution in [1.29, 1.82) is 0 Å². The number of hydrogen-bond acceptors (Lipinski definition) is 2. The predicted molar refractivity (Wildman–Crippen MR) is 96.9 cm³/mol. The summed E-state index contributed by atoms with van der Waals surface area (Å²) in [6.07, 6.45) is 6.07. The van der Waals surface area contributed by atoms with Gasteiger partial charge in [0.2, 0.25) is 0 Å². The smallest absolute Gasteiger partial charge is 0.123 e. The molecule has 0 aliphatic carbocycles. The summed E-state index contributed by atoms with van der Waals surface area (Å²) in [4.78, 5) is 9.20. The van der Waals surface area contributed by atoms with Gasteiger partial charge in [0.25, 0.3) is 0 Å². The zero-order valence-corrected chi connectivity index (χ0v) is 14.0. The van der Waals surface area contributed by atoms with Crippen LogP contribution in [0.3, 0.4) is 0 Å². The maximum atomic E-state index is 4.72. The van der Waals surface area contributed by atoms with Crippen molar-refractivity contribution in [2.75, 3.05) is 0 Å². The normalized spacial score (nSPS) is 16.8. The van der Waals surface area contributed by atoms with E-state index < -0.39 is 0 Å². The molecule has 22 heavy (non-hydrogen) atoms. The van der Waals surface area contributed by atoms with Gasteiger partial charge in [-0.25, -0.2) is 4.99 Å². The highest BCUT2D eigenvalue weighted by molar-refractivity contribution is 9.10. The van der Waals surface area contributed by atoms with E-state index in [1.807, 2.05) is 6.21 Å². The summed E-state index contributed by atoms with van der Waals surface area (Å²) < 4.78 is 1.11. The lowest BCUT2D eigenvalue weighted by molar-refractivity contribution is 0.841. The van der Waals surface area contributed by atoms with Gasteiger partial charge < -0.3 is 0 Å². The minimum absolute atomic E-state index is 0.202. The van der Waals surface area contributed by atoms with Crippen LogP contribution >= 0.6 is 15.9 Å². The van der Waals surface area contributed by atoms with Gasteiger partial charge in [0.05, 0.1) is 6.04 Å². The molecule has 2 aromatic carbocycles. The second-order valence-corrected chi connectivity index (χ2v) is 6.48. The Balaban J connectivity index is 1.48. The van der Waals surface area contributed by atoms with Crippen molar-refractivity contribution in [3.8, 4) is 0 Å². The molecule has 0 N–H and O–H groups in total. The average Bonchev–Trinajstić information content (AvgIpc) is 2.98. The molecule has 0 aromatic heterocycles. The fourth-order valence-electron chi connectivity index (χ4n) is 2.61. The molecule has 0 radical (unpaired) electrons.